The van der Waals surface area contributed by atoms with E-state index in [2.05, 4.69) is 10.6 Å². The Kier molecular flexibility index (Phi) is 5.49. The Bertz CT molecular complexity index is 901. The predicted octanol–water partition coefficient (Wildman–Crippen LogP) is 3.49. The maximum absolute atomic E-state index is 12.1. The average molecular weight is 391 g/mol. The number of carbonyl (C=O) groups excluding carboxylic acids is 3. The lowest BCUT2D eigenvalue weighted by atomic mass is 10.2. The lowest BCUT2D eigenvalue weighted by Gasteiger charge is -2.16. The zero-order chi connectivity index (χ0) is 18.7. The SMILES string of the molecule is Cc1ccc(NC(=O)COC(=O)c2ccc3c(c2)NC(=O)CS3)cc1Cl. The van der Waals surface area contributed by atoms with Crippen molar-refractivity contribution in [3.05, 3.63) is 52.5 Å². The number of ether oxygens (including phenoxy) is 1. The second-order valence-corrected chi connectivity index (χ2v) is 7.06. The Morgan fingerprint density at radius 1 is 1.27 bits per heavy atom. The molecule has 134 valence electrons. The van der Waals surface area contributed by atoms with Crippen molar-refractivity contribution in [2.75, 3.05) is 23.0 Å². The number of aryl methyl sites for hydroxylation is 1. The van der Waals surface area contributed by atoms with Crippen molar-refractivity contribution in [2.24, 2.45) is 0 Å². The summed E-state index contributed by atoms with van der Waals surface area (Å²) in [6.07, 6.45) is 0. The van der Waals surface area contributed by atoms with Crippen LogP contribution in [0.4, 0.5) is 11.4 Å². The zero-order valence-electron chi connectivity index (χ0n) is 13.8. The molecule has 0 aliphatic carbocycles. The molecule has 1 aliphatic heterocycles. The maximum atomic E-state index is 12.1. The molecule has 8 heteroatoms. The van der Waals surface area contributed by atoms with E-state index in [4.69, 9.17) is 16.3 Å². The number of thioether (sulfide) groups is 1. The first-order chi connectivity index (χ1) is 12.4. The van der Waals surface area contributed by atoms with Gasteiger partial charge in [-0.1, -0.05) is 17.7 Å². The van der Waals surface area contributed by atoms with E-state index in [0.29, 0.717) is 22.2 Å². The van der Waals surface area contributed by atoms with Crippen molar-refractivity contribution in [1.82, 2.24) is 0 Å². The van der Waals surface area contributed by atoms with Gasteiger partial charge in [0.05, 0.1) is 17.0 Å². The van der Waals surface area contributed by atoms with E-state index in [1.807, 2.05) is 6.92 Å². The highest BCUT2D eigenvalue weighted by atomic mass is 35.5. The molecule has 0 fully saturated rings. The standard InChI is InChI=1S/C18H15ClN2O4S/c1-10-2-4-12(7-13(10)19)20-16(22)8-25-18(24)11-3-5-15-14(6-11)21-17(23)9-26-15/h2-7H,8-9H2,1H3,(H,20,22)(H,21,23). The number of carbonyl (C=O) groups is 3. The number of rotatable bonds is 4. The van der Waals surface area contributed by atoms with Crippen molar-refractivity contribution in [1.29, 1.82) is 0 Å². The Labute approximate surface area is 159 Å². The summed E-state index contributed by atoms with van der Waals surface area (Å²) in [5.41, 5.74) is 2.25. The first-order valence-electron chi connectivity index (χ1n) is 7.72. The molecule has 2 N–H and O–H groups in total. The Hall–Kier alpha value is -2.51. The molecule has 0 spiro atoms. The van der Waals surface area contributed by atoms with Crippen LogP contribution in [0.2, 0.25) is 5.02 Å². The number of anilines is 2. The van der Waals surface area contributed by atoms with E-state index >= 15 is 0 Å². The van der Waals surface area contributed by atoms with Gasteiger partial charge in [-0.05, 0) is 42.8 Å². The summed E-state index contributed by atoms with van der Waals surface area (Å²) in [5.74, 6) is -0.890. The van der Waals surface area contributed by atoms with Crippen LogP contribution in [-0.4, -0.2) is 30.1 Å². The molecular formula is C18H15ClN2O4S. The number of hydrogen-bond acceptors (Lipinski definition) is 5. The van der Waals surface area contributed by atoms with E-state index < -0.39 is 18.5 Å². The van der Waals surface area contributed by atoms with Gasteiger partial charge in [0.1, 0.15) is 0 Å². The van der Waals surface area contributed by atoms with Gasteiger partial charge in [-0.15, -0.1) is 11.8 Å². The Balaban J connectivity index is 1.58. The van der Waals surface area contributed by atoms with Crippen LogP contribution in [0.15, 0.2) is 41.3 Å². The van der Waals surface area contributed by atoms with Gasteiger partial charge in [-0.3, -0.25) is 9.59 Å². The fourth-order valence-electron chi connectivity index (χ4n) is 2.29. The van der Waals surface area contributed by atoms with Gasteiger partial charge in [0, 0.05) is 15.6 Å². The smallest absolute Gasteiger partial charge is 0.338 e. The fraction of sp³-hybridized carbons (Fsp3) is 0.167. The second kappa shape index (κ2) is 7.80. The third kappa shape index (κ3) is 4.36. The van der Waals surface area contributed by atoms with Crippen molar-refractivity contribution < 1.29 is 19.1 Å². The quantitative estimate of drug-likeness (QED) is 0.780. The minimum atomic E-state index is -0.644. The first kappa shape index (κ1) is 18.3. The second-order valence-electron chi connectivity index (χ2n) is 5.64. The third-order valence-electron chi connectivity index (χ3n) is 3.64. The molecule has 2 aromatic carbocycles. The maximum Gasteiger partial charge on any atom is 0.338 e. The van der Waals surface area contributed by atoms with Gasteiger partial charge >= 0.3 is 5.97 Å². The molecule has 1 heterocycles. The molecule has 0 saturated carbocycles. The number of amides is 2. The van der Waals surface area contributed by atoms with Crippen LogP contribution in [-0.2, 0) is 14.3 Å². The molecular weight excluding hydrogens is 376 g/mol. The molecule has 2 amide bonds. The summed E-state index contributed by atoms with van der Waals surface area (Å²) in [4.78, 5) is 36.4. The Morgan fingerprint density at radius 3 is 2.85 bits per heavy atom. The highest BCUT2D eigenvalue weighted by molar-refractivity contribution is 8.00. The molecule has 0 aromatic heterocycles. The predicted molar refractivity (Wildman–Crippen MR) is 101 cm³/mol. The van der Waals surface area contributed by atoms with Gasteiger partial charge in [0.15, 0.2) is 6.61 Å². The molecule has 26 heavy (non-hydrogen) atoms. The average Bonchev–Trinajstić information content (AvgIpc) is 2.62. The van der Waals surface area contributed by atoms with Crippen LogP contribution in [0.3, 0.4) is 0 Å². The van der Waals surface area contributed by atoms with Crippen molar-refractivity contribution >= 4 is 52.5 Å². The molecule has 0 unspecified atom stereocenters. The zero-order valence-corrected chi connectivity index (χ0v) is 15.4. The van der Waals surface area contributed by atoms with E-state index in [1.54, 1.807) is 36.4 Å². The van der Waals surface area contributed by atoms with Crippen LogP contribution in [0.1, 0.15) is 15.9 Å². The number of hydrogen-bond donors (Lipinski definition) is 2. The lowest BCUT2D eigenvalue weighted by Crippen LogP contribution is -2.22. The number of fused-ring (bicyclic) bond motifs is 1. The molecule has 0 saturated heterocycles. The summed E-state index contributed by atoms with van der Waals surface area (Å²) >= 11 is 7.40. The van der Waals surface area contributed by atoms with Gasteiger partial charge in [-0.2, -0.15) is 0 Å². The van der Waals surface area contributed by atoms with E-state index in [1.165, 1.54) is 11.8 Å². The topological polar surface area (TPSA) is 84.5 Å². The molecule has 0 atom stereocenters. The first-order valence-corrected chi connectivity index (χ1v) is 9.08. The largest absolute Gasteiger partial charge is 0.452 e. The highest BCUT2D eigenvalue weighted by Gasteiger charge is 2.18. The summed E-state index contributed by atoms with van der Waals surface area (Å²) in [6.45, 7) is 1.43. The van der Waals surface area contributed by atoms with E-state index in [0.717, 1.165) is 10.5 Å². The van der Waals surface area contributed by atoms with Crippen LogP contribution in [0.25, 0.3) is 0 Å². The highest BCUT2D eigenvalue weighted by Crippen LogP contribution is 2.32. The molecule has 3 rings (SSSR count). The van der Waals surface area contributed by atoms with E-state index in [9.17, 15) is 14.4 Å². The molecule has 1 aliphatic rings. The van der Waals surface area contributed by atoms with Crippen LogP contribution in [0, 0.1) is 6.92 Å². The fourth-order valence-corrected chi connectivity index (χ4v) is 3.26. The Morgan fingerprint density at radius 2 is 2.08 bits per heavy atom. The summed E-state index contributed by atoms with van der Waals surface area (Å²) in [6, 6.07) is 10.0. The summed E-state index contributed by atoms with van der Waals surface area (Å²) in [5, 5.41) is 5.85. The van der Waals surface area contributed by atoms with E-state index in [-0.39, 0.29) is 11.5 Å². The van der Waals surface area contributed by atoms with Gasteiger partial charge in [-0.25, -0.2) is 4.79 Å². The van der Waals surface area contributed by atoms with Crippen molar-refractivity contribution in [3.63, 3.8) is 0 Å². The summed E-state index contributed by atoms with van der Waals surface area (Å²) in [7, 11) is 0. The molecule has 2 aromatic rings. The van der Waals surface area contributed by atoms with Crippen LogP contribution >= 0.6 is 23.4 Å². The van der Waals surface area contributed by atoms with Crippen LogP contribution < -0.4 is 10.6 Å². The molecule has 0 bridgehead atoms. The van der Waals surface area contributed by atoms with Gasteiger partial charge in [0.2, 0.25) is 5.91 Å². The van der Waals surface area contributed by atoms with Gasteiger partial charge < -0.3 is 15.4 Å². The third-order valence-corrected chi connectivity index (χ3v) is 5.12. The van der Waals surface area contributed by atoms with Gasteiger partial charge in [0.25, 0.3) is 5.91 Å². The molecule has 6 nitrogen and oxygen atoms in total. The number of nitrogens with one attached hydrogen (secondary N) is 2. The minimum absolute atomic E-state index is 0.121. The normalized spacial score (nSPS) is 12.8. The minimum Gasteiger partial charge on any atom is -0.452 e. The lowest BCUT2D eigenvalue weighted by molar-refractivity contribution is -0.119. The van der Waals surface area contributed by atoms with Crippen molar-refractivity contribution in [3.8, 4) is 0 Å². The van der Waals surface area contributed by atoms with Crippen LogP contribution in [0.5, 0.6) is 0 Å². The number of esters is 1. The summed E-state index contributed by atoms with van der Waals surface area (Å²) < 4.78 is 5.03. The number of benzene rings is 2. The molecule has 0 radical (unpaired) electrons. The van der Waals surface area contributed by atoms with Crippen molar-refractivity contribution in [2.45, 2.75) is 11.8 Å². The monoisotopic (exact) mass is 390 g/mol. The number of halogens is 1.